The molecule has 0 aliphatic heterocycles. The van der Waals surface area contributed by atoms with E-state index in [2.05, 4.69) is 83.6 Å². The van der Waals surface area contributed by atoms with Gasteiger partial charge in [-0.2, -0.15) is 0 Å². The minimum absolute atomic E-state index is 0.166. The Morgan fingerprint density at radius 1 is 0.594 bits per heavy atom. The van der Waals surface area contributed by atoms with E-state index in [4.69, 9.17) is 4.98 Å². The molecule has 0 unspecified atom stereocenters. The molecule has 0 aliphatic carbocycles. The fraction of sp³-hybridized carbons (Fsp3) is 0.0690. The number of hydrogen-bond donors (Lipinski definition) is 1. The lowest BCUT2D eigenvalue weighted by Crippen LogP contribution is -2.38. The summed E-state index contributed by atoms with van der Waals surface area (Å²) < 4.78 is 2.13. The van der Waals surface area contributed by atoms with Crippen LogP contribution >= 0.6 is 0 Å². The minimum Gasteiger partial charge on any atom is -0.388 e. The quantitative estimate of drug-likeness (QED) is 0.351. The topological polar surface area (TPSA) is 38.1 Å². The Kier molecular flexibility index (Phi) is 5.40. The molecule has 156 valence electrons. The first-order valence-corrected chi connectivity index (χ1v) is 10.8. The molecule has 3 nitrogen and oxygen atoms in total. The number of aliphatic hydroxyl groups excluding tert-OH is 1. The minimum atomic E-state index is -0.693. The van der Waals surface area contributed by atoms with Crippen molar-refractivity contribution in [2.45, 2.75) is 12.1 Å². The Morgan fingerprint density at radius 3 is 1.41 bits per heavy atom. The zero-order valence-corrected chi connectivity index (χ0v) is 17.7. The van der Waals surface area contributed by atoms with Crippen molar-refractivity contribution in [2.75, 3.05) is 0 Å². The van der Waals surface area contributed by atoms with Crippen molar-refractivity contribution >= 4 is 0 Å². The van der Waals surface area contributed by atoms with Gasteiger partial charge in [0.2, 0.25) is 0 Å². The van der Waals surface area contributed by atoms with Gasteiger partial charge in [0.05, 0.1) is 5.69 Å². The van der Waals surface area contributed by atoms with Gasteiger partial charge in [-0.25, -0.2) is 4.98 Å². The number of imidazole rings is 1. The van der Waals surface area contributed by atoms with Crippen LogP contribution in [-0.4, -0.2) is 14.7 Å². The maximum absolute atomic E-state index is 10.4. The van der Waals surface area contributed by atoms with E-state index in [1.165, 1.54) is 0 Å². The molecule has 1 heterocycles. The van der Waals surface area contributed by atoms with Crippen molar-refractivity contribution in [1.29, 1.82) is 0 Å². The van der Waals surface area contributed by atoms with Crippen molar-refractivity contribution in [1.82, 2.24) is 9.55 Å². The van der Waals surface area contributed by atoms with Crippen LogP contribution < -0.4 is 0 Å². The molecular formula is C29H24N2O. The fourth-order valence-electron chi connectivity index (χ4n) is 4.52. The average Bonchev–Trinajstić information content (AvgIpc) is 3.32. The monoisotopic (exact) mass is 416 g/mol. The molecule has 1 N–H and O–H groups in total. The van der Waals surface area contributed by atoms with Gasteiger partial charge < -0.3 is 9.67 Å². The number of nitrogens with zero attached hydrogens (tertiary/aromatic N) is 2. The first-order valence-electron chi connectivity index (χ1n) is 10.8. The summed E-state index contributed by atoms with van der Waals surface area (Å²) in [7, 11) is 0. The highest BCUT2D eigenvalue weighted by molar-refractivity contribution is 5.60. The number of benzene rings is 4. The molecule has 1 aromatic heterocycles. The Balaban J connectivity index is 1.89. The molecule has 0 bridgehead atoms. The molecule has 0 saturated carbocycles. The van der Waals surface area contributed by atoms with Crippen LogP contribution in [0, 0.1) is 0 Å². The summed E-state index contributed by atoms with van der Waals surface area (Å²) in [6.07, 6.45) is 2.06. The van der Waals surface area contributed by atoms with E-state index in [1.807, 2.05) is 48.5 Å². The fourth-order valence-corrected chi connectivity index (χ4v) is 4.52. The summed E-state index contributed by atoms with van der Waals surface area (Å²) in [6, 6.07) is 41.4. The molecule has 5 aromatic rings. The van der Waals surface area contributed by atoms with Crippen LogP contribution in [0.15, 0.2) is 128 Å². The molecule has 4 aromatic carbocycles. The highest BCUT2D eigenvalue weighted by atomic mass is 16.3. The summed E-state index contributed by atoms with van der Waals surface area (Å²) in [5, 5.41) is 10.4. The zero-order valence-electron chi connectivity index (χ0n) is 17.7. The Hall–Kier alpha value is -3.95. The largest absolute Gasteiger partial charge is 0.388 e. The summed E-state index contributed by atoms with van der Waals surface area (Å²) >= 11 is 0. The first kappa shape index (κ1) is 20.0. The van der Waals surface area contributed by atoms with Gasteiger partial charge in [0.15, 0.2) is 0 Å². The predicted octanol–water partition coefficient (Wildman–Crippen LogP) is 5.88. The first-order chi connectivity index (χ1) is 15.8. The van der Waals surface area contributed by atoms with Gasteiger partial charge in [-0.15, -0.1) is 0 Å². The highest BCUT2D eigenvalue weighted by Crippen LogP contribution is 2.42. The Bertz CT molecular complexity index is 1180. The van der Waals surface area contributed by atoms with E-state index in [0.717, 1.165) is 27.9 Å². The second-order valence-corrected chi connectivity index (χ2v) is 7.74. The third kappa shape index (κ3) is 3.33. The molecule has 0 fully saturated rings. The van der Waals surface area contributed by atoms with Crippen molar-refractivity contribution in [3.63, 3.8) is 0 Å². The van der Waals surface area contributed by atoms with Gasteiger partial charge in [0.1, 0.15) is 18.0 Å². The summed E-state index contributed by atoms with van der Waals surface area (Å²) in [4.78, 5) is 4.85. The molecule has 32 heavy (non-hydrogen) atoms. The van der Waals surface area contributed by atoms with Crippen molar-refractivity contribution in [3.05, 3.63) is 150 Å². The molecule has 5 rings (SSSR count). The van der Waals surface area contributed by atoms with Crippen LogP contribution in [-0.2, 0) is 12.1 Å². The Morgan fingerprint density at radius 2 is 1.00 bits per heavy atom. The van der Waals surface area contributed by atoms with Crippen molar-refractivity contribution < 1.29 is 5.11 Å². The normalized spacial score (nSPS) is 11.4. The summed E-state index contributed by atoms with van der Waals surface area (Å²) in [5.74, 6) is 0.611. The van der Waals surface area contributed by atoms with Crippen LogP contribution in [0.3, 0.4) is 0 Å². The van der Waals surface area contributed by atoms with Gasteiger partial charge in [0.25, 0.3) is 0 Å². The van der Waals surface area contributed by atoms with Crippen molar-refractivity contribution in [3.8, 4) is 11.3 Å². The molecule has 0 saturated heterocycles. The standard InChI is InChI=1S/C29H24N2O/c32-22-28-30-27(23-13-5-1-6-14-23)21-31(28)29(24-15-7-2-8-16-24,25-17-9-3-10-18-25)26-19-11-4-12-20-26/h1-21,32H,22H2. The zero-order chi connectivity index (χ0) is 21.8. The maximum atomic E-state index is 10.4. The molecule has 0 aliphatic rings. The SMILES string of the molecule is OCc1nc(-c2ccccc2)cn1C(c1ccccc1)(c1ccccc1)c1ccccc1. The second-order valence-electron chi connectivity index (χ2n) is 7.74. The number of aliphatic hydroxyl groups is 1. The third-order valence-electron chi connectivity index (χ3n) is 5.93. The maximum Gasteiger partial charge on any atom is 0.136 e. The van der Waals surface area contributed by atoms with Crippen LogP contribution in [0.5, 0.6) is 0 Å². The van der Waals surface area contributed by atoms with Crippen LogP contribution in [0.2, 0.25) is 0 Å². The van der Waals surface area contributed by atoms with Gasteiger partial charge in [-0.05, 0) is 16.7 Å². The van der Waals surface area contributed by atoms with Crippen LogP contribution in [0.4, 0.5) is 0 Å². The molecule has 0 amide bonds. The molecule has 0 radical (unpaired) electrons. The third-order valence-corrected chi connectivity index (χ3v) is 5.93. The number of rotatable bonds is 6. The van der Waals surface area contributed by atoms with E-state index < -0.39 is 5.54 Å². The van der Waals surface area contributed by atoms with Gasteiger partial charge in [-0.1, -0.05) is 121 Å². The number of aromatic nitrogens is 2. The molecule has 3 heteroatoms. The lowest BCUT2D eigenvalue weighted by Gasteiger charge is -2.38. The Labute approximate surface area is 188 Å². The van der Waals surface area contributed by atoms with Crippen LogP contribution in [0.1, 0.15) is 22.5 Å². The van der Waals surface area contributed by atoms with E-state index in [0.29, 0.717) is 5.82 Å². The summed E-state index contributed by atoms with van der Waals surface area (Å²) in [5.41, 5.74) is 4.46. The average molecular weight is 417 g/mol. The van der Waals surface area contributed by atoms with Gasteiger partial charge in [-0.3, -0.25) is 0 Å². The van der Waals surface area contributed by atoms with Crippen molar-refractivity contribution in [2.24, 2.45) is 0 Å². The van der Waals surface area contributed by atoms with E-state index in [1.54, 1.807) is 0 Å². The molecule has 0 atom stereocenters. The van der Waals surface area contributed by atoms with E-state index in [9.17, 15) is 5.11 Å². The lowest BCUT2D eigenvalue weighted by molar-refractivity contribution is 0.259. The smallest absolute Gasteiger partial charge is 0.136 e. The van der Waals surface area contributed by atoms with E-state index >= 15 is 0 Å². The van der Waals surface area contributed by atoms with E-state index in [-0.39, 0.29) is 6.61 Å². The van der Waals surface area contributed by atoms with Gasteiger partial charge in [0, 0.05) is 11.8 Å². The summed E-state index contributed by atoms with van der Waals surface area (Å²) in [6.45, 7) is -0.166. The predicted molar refractivity (Wildman–Crippen MR) is 128 cm³/mol. The lowest BCUT2D eigenvalue weighted by atomic mass is 9.76. The highest BCUT2D eigenvalue weighted by Gasteiger charge is 2.40. The van der Waals surface area contributed by atoms with Gasteiger partial charge >= 0.3 is 0 Å². The number of hydrogen-bond acceptors (Lipinski definition) is 2. The van der Waals surface area contributed by atoms with Crippen LogP contribution in [0.25, 0.3) is 11.3 Å². The second kappa shape index (κ2) is 8.66. The molecular weight excluding hydrogens is 392 g/mol. The molecule has 0 spiro atoms.